The second-order valence-electron chi connectivity index (χ2n) is 7.11. The van der Waals surface area contributed by atoms with Crippen LogP contribution >= 0.6 is 11.9 Å². The second kappa shape index (κ2) is 9.45. The Hall–Kier alpha value is -2.64. The molecule has 1 aromatic heterocycles. The van der Waals surface area contributed by atoms with E-state index in [1.165, 1.54) is 10.5 Å². The molecule has 7 heteroatoms. The highest BCUT2D eigenvalue weighted by Gasteiger charge is 2.26. The van der Waals surface area contributed by atoms with E-state index in [1.807, 2.05) is 24.3 Å². The zero-order valence-corrected chi connectivity index (χ0v) is 18.2. The third-order valence-electron chi connectivity index (χ3n) is 5.13. The van der Waals surface area contributed by atoms with E-state index >= 15 is 0 Å². The fourth-order valence-electron chi connectivity index (χ4n) is 3.47. The van der Waals surface area contributed by atoms with Gasteiger partial charge in [0, 0.05) is 31.1 Å². The van der Waals surface area contributed by atoms with E-state index < -0.39 is 5.97 Å². The summed E-state index contributed by atoms with van der Waals surface area (Å²) in [6, 6.07) is 16.4. The minimum Gasteiger partial charge on any atom is -0.461 e. The summed E-state index contributed by atoms with van der Waals surface area (Å²) in [6.45, 7) is 7.58. The van der Waals surface area contributed by atoms with Crippen LogP contribution in [-0.4, -0.2) is 53.0 Å². The molecule has 0 atom stereocenters. The van der Waals surface area contributed by atoms with Crippen molar-refractivity contribution in [2.75, 3.05) is 37.7 Å². The highest BCUT2D eigenvalue weighted by molar-refractivity contribution is 7.97. The van der Waals surface area contributed by atoms with Gasteiger partial charge in [0.15, 0.2) is 11.5 Å². The maximum Gasteiger partial charge on any atom is 0.360 e. The molecule has 0 spiro atoms. The summed E-state index contributed by atoms with van der Waals surface area (Å²) in [5, 5.41) is 0. The average molecular weight is 423 g/mol. The number of aromatic nitrogens is 2. The standard InChI is InChI=1S/C23H26N4O2S/c1-3-17-9-11-18(12-10-17)30-27-15-13-26(14-16-27)22-21(23(28)29-4-2)24-19-7-5-6-8-20(19)25-22/h5-12H,3-4,13-16H2,1-2H3. The van der Waals surface area contributed by atoms with Crippen LogP contribution in [0.2, 0.25) is 0 Å². The summed E-state index contributed by atoms with van der Waals surface area (Å²) >= 11 is 1.78. The number of esters is 1. The highest BCUT2D eigenvalue weighted by atomic mass is 32.2. The molecule has 6 nitrogen and oxygen atoms in total. The number of benzene rings is 2. The second-order valence-corrected chi connectivity index (χ2v) is 8.28. The molecule has 1 aliphatic heterocycles. The number of para-hydroxylation sites is 2. The minimum absolute atomic E-state index is 0.298. The Labute approximate surface area is 181 Å². The van der Waals surface area contributed by atoms with Gasteiger partial charge >= 0.3 is 5.97 Å². The number of hydrogen-bond acceptors (Lipinski definition) is 7. The SMILES string of the molecule is CCOC(=O)c1nc2ccccc2nc1N1CCN(Sc2ccc(CC)cc2)CC1. The fraction of sp³-hybridized carbons (Fsp3) is 0.348. The number of carbonyl (C=O) groups is 1. The van der Waals surface area contributed by atoms with Crippen molar-refractivity contribution in [3.8, 4) is 0 Å². The predicted octanol–water partition coefficient (Wildman–Crippen LogP) is 4.20. The molecule has 1 saturated heterocycles. The molecule has 3 aromatic rings. The van der Waals surface area contributed by atoms with Crippen molar-refractivity contribution in [3.63, 3.8) is 0 Å². The Morgan fingerprint density at radius 2 is 1.63 bits per heavy atom. The molecular weight excluding hydrogens is 396 g/mol. The minimum atomic E-state index is -0.418. The van der Waals surface area contributed by atoms with E-state index in [2.05, 4.69) is 45.4 Å². The van der Waals surface area contributed by atoms with E-state index in [-0.39, 0.29) is 0 Å². The largest absolute Gasteiger partial charge is 0.461 e. The molecule has 156 valence electrons. The van der Waals surface area contributed by atoms with Crippen molar-refractivity contribution in [2.45, 2.75) is 25.2 Å². The lowest BCUT2D eigenvalue weighted by atomic mass is 10.2. The van der Waals surface area contributed by atoms with Crippen molar-refractivity contribution in [1.29, 1.82) is 0 Å². The fourth-order valence-corrected chi connectivity index (χ4v) is 4.38. The summed E-state index contributed by atoms with van der Waals surface area (Å²) in [4.78, 5) is 25.3. The van der Waals surface area contributed by atoms with Gasteiger partial charge in [0.05, 0.1) is 17.6 Å². The van der Waals surface area contributed by atoms with Crippen LogP contribution in [-0.2, 0) is 11.2 Å². The Kier molecular flexibility index (Phi) is 6.50. The van der Waals surface area contributed by atoms with E-state index in [0.29, 0.717) is 23.6 Å². The van der Waals surface area contributed by atoms with Crippen LogP contribution in [0.1, 0.15) is 29.9 Å². The van der Waals surface area contributed by atoms with Crippen molar-refractivity contribution >= 4 is 34.8 Å². The molecule has 30 heavy (non-hydrogen) atoms. The Morgan fingerprint density at radius 3 is 2.27 bits per heavy atom. The highest BCUT2D eigenvalue weighted by Crippen LogP contribution is 2.27. The van der Waals surface area contributed by atoms with Gasteiger partial charge in [-0.1, -0.05) is 31.2 Å². The van der Waals surface area contributed by atoms with Gasteiger partial charge in [-0.2, -0.15) is 0 Å². The lowest BCUT2D eigenvalue weighted by Crippen LogP contribution is -2.44. The maximum atomic E-state index is 12.5. The van der Waals surface area contributed by atoms with Crippen LogP contribution in [0.25, 0.3) is 11.0 Å². The van der Waals surface area contributed by atoms with Crippen LogP contribution in [0.15, 0.2) is 53.4 Å². The topological polar surface area (TPSA) is 58.6 Å². The Morgan fingerprint density at radius 1 is 0.967 bits per heavy atom. The summed E-state index contributed by atoms with van der Waals surface area (Å²) in [7, 11) is 0. The summed E-state index contributed by atoms with van der Waals surface area (Å²) < 4.78 is 7.60. The molecule has 1 fully saturated rings. The number of carbonyl (C=O) groups excluding carboxylic acids is 1. The summed E-state index contributed by atoms with van der Waals surface area (Å²) in [5.41, 5.74) is 3.14. The Balaban J connectivity index is 1.50. The first-order valence-corrected chi connectivity index (χ1v) is 11.2. The third kappa shape index (κ3) is 4.57. The van der Waals surface area contributed by atoms with E-state index in [1.54, 1.807) is 18.9 Å². The molecule has 0 radical (unpaired) electrons. The molecule has 1 aliphatic rings. The lowest BCUT2D eigenvalue weighted by molar-refractivity contribution is 0.0520. The van der Waals surface area contributed by atoms with Crippen LogP contribution in [0.5, 0.6) is 0 Å². The molecule has 2 aromatic carbocycles. The Bertz CT molecular complexity index is 1020. The molecule has 2 heterocycles. The van der Waals surface area contributed by atoms with Gasteiger partial charge in [0.25, 0.3) is 0 Å². The number of aryl methyl sites for hydroxylation is 1. The first-order chi connectivity index (χ1) is 14.7. The van der Waals surface area contributed by atoms with Gasteiger partial charge in [-0.3, -0.25) is 0 Å². The lowest BCUT2D eigenvalue weighted by Gasteiger charge is -2.35. The number of nitrogens with zero attached hydrogens (tertiary/aromatic N) is 4. The molecule has 0 aliphatic carbocycles. The molecule has 0 bridgehead atoms. The average Bonchev–Trinajstić information content (AvgIpc) is 2.79. The van der Waals surface area contributed by atoms with Crippen LogP contribution in [0, 0.1) is 0 Å². The molecular formula is C23H26N4O2S. The monoisotopic (exact) mass is 422 g/mol. The van der Waals surface area contributed by atoms with Gasteiger partial charge < -0.3 is 9.64 Å². The molecule has 0 unspecified atom stereocenters. The normalized spacial score (nSPS) is 14.8. The van der Waals surface area contributed by atoms with Gasteiger partial charge in [-0.25, -0.2) is 19.1 Å². The van der Waals surface area contributed by atoms with Crippen molar-refractivity contribution in [2.24, 2.45) is 0 Å². The maximum absolute atomic E-state index is 12.5. The number of rotatable bonds is 6. The summed E-state index contributed by atoms with van der Waals surface area (Å²) in [5.74, 6) is 0.197. The zero-order chi connectivity index (χ0) is 20.9. The van der Waals surface area contributed by atoms with Crippen molar-refractivity contribution in [1.82, 2.24) is 14.3 Å². The predicted molar refractivity (Wildman–Crippen MR) is 121 cm³/mol. The van der Waals surface area contributed by atoms with Gasteiger partial charge in [-0.05, 0) is 55.1 Å². The third-order valence-corrected chi connectivity index (χ3v) is 6.23. The van der Waals surface area contributed by atoms with E-state index in [0.717, 1.165) is 38.1 Å². The smallest absolute Gasteiger partial charge is 0.360 e. The number of piperazine rings is 1. The van der Waals surface area contributed by atoms with Crippen molar-refractivity contribution in [3.05, 3.63) is 59.8 Å². The quantitative estimate of drug-likeness (QED) is 0.436. The molecule has 0 amide bonds. The zero-order valence-electron chi connectivity index (χ0n) is 17.4. The number of anilines is 1. The van der Waals surface area contributed by atoms with E-state index in [4.69, 9.17) is 9.72 Å². The van der Waals surface area contributed by atoms with Gasteiger partial charge in [-0.15, -0.1) is 0 Å². The number of ether oxygens (including phenoxy) is 1. The van der Waals surface area contributed by atoms with E-state index in [9.17, 15) is 4.79 Å². The first kappa shape index (κ1) is 20.6. The van der Waals surface area contributed by atoms with Gasteiger partial charge in [0.1, 0.15) is 0 Å². The number of fused-ring (bicyclic) bond motifs is 1. The molecule has 4 rings (SSSR count). The summed E-state index contributed by atoms with van der Waals surface area (Å²) in [6.07, 6.45) is 1.05. The molecule has 0 N–H and O–H groups in total. The van der Waals surface area contributed by atoms with Crippen LogP contribution in [0.3, 0.4) is 0 Å². The van der Waals surface area contributed by atoms with Crippen LogP contribution < -0.4 is 4.90 Å². The first-order valence-electron chi connectivity index (χ1n) is 10.4. The van der Waals surface area contributed by atoms with Crippen LogP contribution in [0.4, 0.5) is 5.82 Å². The van der Waals surface area contributed by atoms with Gasteiger partial charge in [0.2, 0.25) is 0 Å². The number of hydrogen-bond donors (Lipinski definition) is 0. The molecule has 0 saturated carbocycles. The van der Waals surface area contributed by atoms with Crippen molar-refractivity contribution < 1.29 is 9.53 Å².